The van der Waals surface area contributed by atoms with Crippen LogP contribution in [-0.2, 0) is 4.74 Å². The zero-order chi connectivity index (χ0) is 11.9. The van der Waals surface area contributed by atoms with Crippen LogP contribution in [0.4, 0.5) is 0 Å². The van der Waals surface area contributed by atoms with Crippen LogP contribution in [0.15, 0.2) is 29.0 Å². The molecule has 0 aromatic carbocycles. The van der Waals surface area contributed by atoms with Crippen molar-refractivity contribution in [2.24, 2.45) is 10.6 Å². The van der Waals surface area contributed by atoms with Gasteiger partial charge in [0.1, 0.15) is 0 Å². The summed E-state index contributed by atoms with van der Waals surface area (Å²) < 4.78 is 5.42. The van der Waals surface area contributed by atoms with Crippen molar-refractivity contribution in [2.45, 2.75) is 33.8 Å². The van der Waals surface area contributed by atoms with E-state index in [0.29, 0.717) is 0 Å². The number of hydrogen-bond acceptors (Lipinski definition) is 3. The third-order valence-electron chi connectivity index (χ3n) is 2.01. The lowest BCUT2D eigenvalue weighted by molar-refractivity contribution is 0.0490. The smallest absolute Gasteiger partial charge is 0.0885 e. The normalized spacial score (nSPS) is 16.5. The third-order valence-corrected chi connectivity index (χ3v) is 2.01. The Morgan fingerprint density at radius 3 is 2.33 bits per heavy atom. The van der Waals surface area contributed by atoms with Gasteiger partial charge in [0, 0.05) is 12.7 Å². The number of hydrogen-bond donors (Lipinski definition) is 1. The number of ether oxygens (including phenoxy) is 1. The average Bonchev–Trinajstić information content (AvgIpc) is 2.13. The quantitative estimate of drug-likeness (QED) is 0.336. The molecule has 0 heterocycles. The Morgan fingerprint density at radius 1 is 1.40 bits per heavy atom. The summed E-state index contributed by atoms with van der Waals surface area (Å²) in [6.07, 6.45) is 7.03. The second-order valence-electron chi connectivity index (χ2n) is 4.42. The minimum Gasteiger partial charge on any atom is -0.411 e. The maximum absolute atomic E-state index is 8.60. The van der Waals surface area contributed by atoms with Crippen LogP contribution in [0.1, 0.15) is 27.7 Å². The van der Waals surface area contributed by atoms with E-state index in [-0.39, 0.29) is 11.5 Å². The zero-order valence-corrected chi connectivity index (χ0v) is 10.2. The molecule has 0 aliphatic heterocycles. The standard InChI is InChI=1S/C12H21NO2/c1-6-7-8-10(9-13-14)11(15-5)12(2,3)4/h6-9,11,14H,1-5H3/b7-6-,10-8+,13-9+. The number of allylic oxidation sites excluding steroid dienone is 3. The first-order valence-electron chi connectivity index (χ1n) is 5.00. The maximum Gasteiger partial charge on any atom is 0.0885 e. The average molecular weight is 211 g/mol. The highest BCUT2D eigenvalue weighted by molar-refractivity contribution is 5.80. The van der Waals surface area contributed by atoms with Crippen LogP contribution in [0.5, 0.6) is 0 Å². The van der Waals surface area contributed by atoms with Crippen molar-refractivity contribution in [2.75, 3.05) is 7.11 Å². The molecule has 0 radical (unpaired) electrons. The number of rotatable bonds is 4. The molecule has 1 atom stereocenters. The molecule has 15 heavy (non-hydrogen) atoms. The fourth-order valence-electron chi connectivity index (χ4n) is 1.46. The van der Waals surface area contributed by atoms with Crippen LogP contribution in [-0.4, -0.2) is 24.6 Å². The second-order valence-corrected chi connectivity index (χ2v) is 4.42. The molecule has 3 nitrogen and oxygen atoms in total. The number of nitrogens with zero attached hydrogens (tertiary/aromatic N) is 1. The summed E-state index contributed by atoms with van der Waals surface area (Å²) in [4.78, 5) is 0. The van der Waals surface area contributed by atoms with Crippen molar-refractivity contribution in [1.29, 1.82) is 0 Å². The molecule has 0 aromatic rings. The molecule has 0 fully saturated rings. The molecule has 0 amide bonds. The van der Waals surface area contributed by atoms with Crippen molar-refractivity contribution < 1.29 is 9.94 Å². The predicted molar refractivity (Wildman–Crippen MR) is 63.4 cm³/mol. The Balaban J connectivity index is 5.03. The minimum absolute atomic E-state index is 0.0383. The van der Waals surface area contributed by atoms with E-state index in [0.717, 1.165) is 5.57 Å². The monoisotopic (exact) mass is 211 g/mol. The van der Waals surface area contributed by atoms with Crippen molar-refractivity contribution >= 4 is 6.21 Å². The minimum atomic E-state index is -0.0930. The first kappa shape index (κ1) is 13.9. The van der Waals surface area contributed by atoms with E-state index in [4.69, 9.17) is 9.94 Å². The van der Waals surface area contributed by atoms with Gasteiger partial charge in [0.2, 0.25) is 0 Å². The fraction of sp³-hybridized carbons (Fsp3) is 0.583. The molecule has 0 saturated carbocycles. The van der Waals surface area contributed by atoms with E-state index in [1.54, 1.807) is 7.11 Å². The van der Waals surface area contributed by atoms with Crippen molar-refractivity contribution in [1.82, 2.24) is 0 Å². The van der Waals surface area contributed by atoms with Crippen LogP contribution in [0.3, 0.4) is 0 Å². The molecule has 0 saturated heterocycles. The molecular weight excluding hydrogens is 190 g/mol. The van der Waals surface area contributed by atoms with Gasteiger partial charge in [0.15, 0.2) is 0 Å². The first-order chi connectivity index (χ1) is 6.97. The fourth-order valence-corrected chi connectivity index (χ4v) is 1.46. The molecule has 86 valence electrons. The van der Waals surface area contributed by atoms with Gasteiger partial charge >= 0.3 is 0 Å². The molecule has 0 spiro atoms. The van der Waals surface area contributed by atoms with Gasteiger partial charge in [-0.3, -0.25) is 0 Å². The van der Waals surface area contributed by atoms with Gasteiger partial charge in [-0.1, -0.05) is 44.2 Å². The molecule has 1 N–H and O–H groups in total. The predicted octanol–water partition coefficient (Wildman–Crippen LogP) is 3.01. The van der Waals surface area contributed by atoms with Crippen LogP contribution in [0.25, 0.3) is 0 Å². The van der Waals surface area contributed by atoms with Crippen LogP contribution >= 0.6 is 0 Å². The summed E-state index contributed by atoms with van der Waals surface area (Å²) in [5.74, 6) is 0. The van der Waals surface area contributed by atoms with Gasteiger partial charge in [-0.25, -0.2) is 0 Å². The number of oxime groups is 1. The van der Waals surface area contributed by atoms with Crippen molar-refractivity contribution in [3.05, 3.63) is 23.8 Å². The lowest BCUT2D eigenvalue weighted by Gasteiger charge is -2.29. The summed E-state index contributed by atoms with van der Waals surface area (Å²) in [7, 11) is 1.66. The van der Waals surface area contributed by atoms with Gasteiger partial charge in [0.25, 0.3) is 0 Å². The van der Waals surface area contributed by atoms with Crippen molar-refractivity contribution in [3.8, 4) is 0 Å². The topological polar surface area (TPSA) is 41.8 Å². The highest BCUT2D eigenvalue weighted by atomic mass is 16.5. The summed E-state index contributed by atoms with van der Waals surface area (Å²) >= 11 is 0. The van der Waals surface area contributed by atoms with Gasteiger partial charge in [-0.15, -0.1) is 0 Å². The summed E-state index contributed by atoms with van der Waals surface area (Å²) in [5, 5.41) is 11.7. The molecule has 1 unspecified atom stereocenters. The Hall–Kier alpha value is -1.09. The summed E-state index contributed by atoms with van der Waals surface area (Å²) in [6, 6.07) is 0. The first-order valence-corrected chi connectivity index (χ1v) is 5.00. The Bertz CT molecular complexity index is 259. The van der Waals surface area contributed by atoms with Gasteiger partial charge in [0.05, 0.1) is 12.3 Å². The maximum atomic E-state index is 8.60. The van der Waals surface area contributed by atoms with E-state index < -0.39 is 0 Å². The summed E-state index contributed by atoms with van der Waals surface area (Å²) in [6.45, 7) is 8.17. The molecule has 0 rings (SSSR count). The highest BCUT2D eigenvalue weighted by Gasteiger charge is 2.26. The van der Waals surface area contributed by atoms with Gasteiger partial charge in [-0.2, -0.15) is 0 Å². The van der Waals surface area contributed by atoms with Gasteiger partial charge in [-0.05, 0) is 12.3 Å². The largest absolute Gasteiger partial charge is 0.411 e. The second kappa shape index (κ2) is 6.40. The van der Waals surface area contributed by atoms with Gasteiger partial charge < -0.3 is 9.94 Å². The highest BCUT2D eigenvalue weighted by Crippen LogP contribution is 2.26. The van der Waals surface area contributed by atoms with E-state index in [2.05, 4.69) is 25.9 Å². The van der Waals surface area contributed by atoms with E-state index in [1.165, 1.54) is 6.21 Å². The Kier molecular flexibility index (Phi) is 5.94. The molecular formula is C12H21NO2. The molecule has 0 aliphatic carbocycles. The van der Waals surface area contributed by atoms with Crippen LogP contribution < -0.4 is 0 Å². The van der Waals surface area contributed by atoms with E-state index >= 15 is 0 Å². The summed E-state index contributed by atoms with van der Waals surface area (Å²) in [5.41, 5.74) is 0.814. The molecule has 3 heteroatoms. The van der Waals surface area contributed by atoms with Crippen LogP contribution in [0.2, 0.25) is 0 Å². The molecule has 0 aromatic heterocycles. The Morgan fingerprint density at radius 2 is 2.00 bits per heavy atom. The van der Waals surface area contributed by atoms with E-state index in [1.807, 2.05) is 25.2 Å². The lowest BCUT2D eigenvalue weighted by Crippen LogP contribution is -2.30. The Labute approximate surface area is 92.1 Å². The van der Waals surface area contributed by atoms with Crippen LogP contribution in [0, 0.1) is 5.41 Å². The molecule has 0 bridgehead atoms. The zero-order valence-electron chi connectivity index (χ0n) is 10.2. The lowest BCUT2D eigenvalue weighted by atomic mass is 9.84. The SMILES string of the molecule is C\C=C/C=C(\C=N\O)C(OC)C(C)(C)C. The van der Waals surface area contributed by atoms with Crippen molar-refractivity contribution in [3.63, 3.8) is 0 Å². The van der Waals surface area contributed by atoms with E-state index in [9.17, 15) is 0 Å². The molecule has 0 aliphatic rings. The third kappa shape index (κ3) is 4.79. The number of methoxy groups -OCH3 is 1.